The van der Waals surface area contributed by atoms with Gasteiger partial charge in [-0.25, -0.2) is 18.4 Å². The Labute approximate surface area is 342 Å². The summed E-state index contributed by atoms with van der Waals surface area (Å²) in [5.41, 5.74) is 4.06. The number of hydrogen-bond donors (Lipinski definition) is 2. The first-order valence-electron chi connectivity index (χ1n) is 22.3. The van der Waals surface area contributed by atoms with Crippen LogP contribution in [0.3, 0.4) is 0 Å². The van der Waals surface area contributed by atoms with Crippen molar-refractivity contribution in [3.05, 3.63) is 54.0 Å². The van der Waals surface area contributed by atoms with Crippen molar-refractivity contribution in [2.75, 3.05) is 44.3 Å². The van der Waals surface area contributed by atoms with Crippen molar-refractivity contribution in [2.45, 2.75) is 124 Å². The zero-order valence-corrected chi connectivity index (χ0v) is 36.6. The number of aromatic nitrogens is 2. The van der Waals surface area contributed by atoms with Crippen molar-refractivity contribution in [1.82, 2.24) is 20.2 Å². The van der Waals surface area contributed by atoms with E-state index in [9.17, 15) is 18.3 Å². The minimum Gasteiger partial charge on any atom is -0.481 e. The quantitative estimate of drug-likeness (QED) is 0.225. The fraction of sp³-hybridized carbons (Fsp3) is 0.766. The summed E-state index contributed by atoms with van der Waals surface area (Å²) in [6.07, 6.45) is 20.7. The molecule has 1 aromatic heterocycles. The van der Waals surface area contributed by atoms with Crippen molar-refractivity contribution in [3.8, 4) is 5.88 Å². The molecule has 2 heterocycles. The zero-order chi connectivity index (χ0) is 40.6. The number of nitrogens with zero attached hydrogens (tertiary/aromatic N) is 3. The van der Waals surface area contributed by atoms with Gasteiger partial charge in [0.1, 0.15) is 18.3 Å². The lowest BCUT2D eigenvalue weighted by Crippen LogP contribution is -2.68. The average molecular weight is 803 g/mol. The Balaban J connectivity index is 1.01. The van der Waals surface area contributed by atoms with Crippen LogP contribution in [0.25, 0.3) is 0 Å². The first-order chi connectivity index (χ1) is 26.9. The molecule has 57 heavy (non-hydrogen) atoms. The Bertz CT molecular complexity index is 1900. The van der Waals surface area contributed by atoms with Crippen LogP contribution >= 0.6 is 0 Å². The second-order valence-corrected chi connectivity index (χ2v) is 23.5. The van der Waals surface area contributed by atoms with Crippen LogP contribution in [0.5, 0.6) is 5.88 Å². The third-order valence-electron chi connectivity index (χ3n) is 18.4. The number of carboxylic acids is 1. The molecule has 6 aliphatic carbocycles. The third kappa shape index (κ3) is 6.68. The lowest BCUT2D eigenvalue weighted by Gasteiger charge is -2.72. The topological polar surface area (TPSA) is 122 Å². The summed E-state index contributed by atoms with van der Waals surface area (Å²) >= 11 is 0. The first kappa shape index (κ1) is 41.2. The highest BCUT2D eigenvalue weighted by molar-refractivity contribution is 7.91. The van der Waals surface area contributed by atoms with E-state index < -0.39 is 21.2 Å². The maximum atomic E-state index is 12.7. The number of fused-ring (bicyclic) bond motifs is 7. The van der Waals surface area contributed by atoms with Crippen LogP contribution in [0.1, 0.15) is 119 Å². The largest absolute Gasteiger partial charge is 0.481 e. The van der Waals surface area contributed by atoms with Gasteiger partial charge in [-0.2, -0.15) is 0 Å². The highest BCUT2D eigenvalue weighted by atomic mass is 32.2. The number of rotatable bonds is 10. The van der Waals surface area contributed by atoms with Crippen molar-refractivity contribution >= 4 is 15.8 Å². The van der Waals surface area contributed by atoms with Gasteiger partial charge in [0.15, 0.2) is 9.84 Å². The lowest BCUT2D eigenvalue weighted by atomic mass is 9.33. The van der Waals surface area contributed by atoms with Gasteiger partial charge in [-0.1, -0.05) is 58.9 Å². The van der Waals surface area contributed by atoms with Gasteiger partial charge in [0.25, 0.3) is 0 Å². The van der Waals surface area contributed by atoms with Crippen LogP contribution in [-0.4, -0.2) is 84.2 Å². The predicted molar refractivity (Wildman–Crippen MR) is 225 cm³/mol. The van der Waals surface area contributed by atoms with E-state index in [2.05, 4.69) is 80.5 Å². The smallest absolute Gasteiger partial charge is 0.313 e. The maximum Gasteiger partial charge on any atom is 0.313 e. The number of carbonyl (C=O) groups is 1. The van der Waals surface area contributed by atoms with Crippen molar-refractivity contribution < 1.29 is 23.1 Å². The second-order valence-electron chi connectivity index (χ2n) is 21.2. The molecule has 0 amide bonds. The Morgan fingerprint density at radius 2 is 1.74 bits per heavy atom. The van der Waals surface area contributed by atoms with Crippen LogP contribution in [0.4, 0.5) is 0 Å². The molecule has 8 rings (SSSR count). The molecule has 314 valence electrons. The number of aliphatic carboxylic acids is 1. The van der Waals surface area contributed by atoms with Crippen LogP contribution in [0, 0.1) is 56.7 Å². The monoisotopic (exact) mass is 803 g/mol. The van der Waals surface area contributed by atoms with E-state index in [-0.39, 0.29) is 33.8 Å². The van der Waals surface area contributed by atoms with E-state index in [1.54, 1.807) is 12.3 Å². The number of allylic oxidation sites excluding steroid dienone is 5. The molecule has 10 heteroatoms. The molecule has 10 atom stereocenters. The number of carboxylic acid groups (broad SMARTS) is 1. The van der Waals surface area contributed by atoms with Gasteiger partial charge in [-0.15, -0.1) is 0 Å². The summed E-state index contributed by atoms with van der Waals surface area (Å²) in [7, 11) is -2.87. The predicted octanol–water partition coefficient (Wildman–Crippen LogP) is 8.30. The van der Waals surface area contributed by atoms with Crippen LogP contribution in [-0.2, 0) is 14.6 Å². The summed E-state index contributed by atoms with van der Waals surface area (Å²) in [4.78, 5) is 23.1. The summed E-state index contributed by atoms with van der Waals surface area (Å²) < 4.78 is 30.1. The second kappa shape index (κ2) is 14.6. The van der Waals surface area contributed by atoms with E-state index >= 15 is 0 Å². The lowest BCUT2D eigenvalue weighted by molar-refractivity contribution is -0.221. The Morgan fingerprint density at radius 1 is 0.965 bits per heavy atom. The molecular formula is C47H70N4O5S. The van der Waals surface area contributed by atoms with E-state index in [1.165, 1.54) is 74.4 Å². The molecule has 9 nitrogen and oxygen atoms in total. The number of nitrogens with one attached hydrogen (secondary N) is 1. The van der Waals surface area contributed by atoms with Crippen LogP contribution < -0.4 is 10.1 Å². The molecule has 1 saturated heterocycles. The minimum absolute atomic E-state index is 0.000714. The number of hydrogen-bond acceptors (Lipinski definition) is 8. The Morgan fingerprint density at radius 3 is 2.40 bits per heavy atom. The van der Waals surface area contributed by atoms with Gasteiger partial charge in [-0.05, 0) is 146 Å². The molecule has 1 aliphatic heterocycles. The number of sulfone groups is 1. The summed E-state index contributed by atoms with van der Waals surface area (Å²) in [6, 6.07) is 1.68. The van der Waals surface area contributed by atoms with Crippen molar-refractivity contribution in [2.24, 2.45) is 56.7 Å². The number of ether oxygens (including phenoxy) is 1. The normalized spacial score (nSPS) is 42.3. The van der Waals surface area contributed by atoms with Gasteiger partial charge in [0.2, 0.25) is 5.88 Å². The third-order valence-corrected chi connectivity index (χ3v) is 20.1. The summed E-state index contributed by atoms with van der Waals surface area (Å²) in [5, 5.41) is 14.6. The first-order valence-corrected chi connectivity index (χ1v) is 24.1. The molecule has 5 fully saturated rings. The van der Waals surface area contributed by atoms with E-state index in [1.807, 2.05) is 0 Å². The standard InChI is InChI=1S/C47H70N4O5S/c1-32(2)34-12-20-47(50-24-25-51-26-28-57(54,55)29-27-51)22-21-44(6)36(40(34)47)8-9-38-43(5)16-13-35(42(3,4)37(43)14-17-45(38,44)7)33-10-18-46(19-11-33,41(52)53)30-56-39-15-23-48-31-49-39/h10,13,15,23,31,34,36-38,40,50H,1,8-9,11-12,14,16-22,24-30H2,2-7H3,(H,52,53)/t34-,36+,37-,38+,40+,43-,44+,45+,46-,47-/m0/s1. The van der Waals surface area contributed by atoms with Crippen molar-refractivity contribution in [3.63, 3.8) is 0 Å². The Kier molecular flexibility index (Phi) is 10.5. The molecule has 1 aromatic rings. The molecule has 0 aromatic carbocycles. The molecule has 0 radical (unpaired) electrons. The average Bonchev–Trinajstić information content (AvgIpc) is 3.55. The molecule has 0 bridgehead atoms. The summed E-state index contributed by atoms with van der Waals surface area (Å²) in [6.45, 7) is 23.2. The van der Waals surface area contributed by atoms with Crippen LogP contribution in [0.15, 0.2) is 54.0 Å². The summed E-state index contributed by atoms with van der Waals surface area (Å²) in [5.74, 6) is 3.23. The fourth-order valence-corrected chi connectivity index (χ4v) is 16.4. The highest BCUT2D eigenvalue weighted by Gasteiger charge is 2.70. The molecule has 2 N–H and O–H groups in total. The highest BCUT2D eigenvalue weighted by Crippen LogP contribution is 2.76. The van der Waals surface area contributed by atoms with Gasteiger partial charge < -0.3 is 20.1 Å². The molecular weight excluding hydrogens is 733 g/mol. The minimum atomic E-state index is -2.87. The fourth-order valence-electron chi connectivity index (χ4n) is 15.1. The van der Waals surface area contributed by atoms with Gasteiger partial charge >= 0.3 is 5.97 Å². The van der Waals surface area contributed by atoms with Gasteiger partial charge in [0, 0.05) is 44.0 Å². The van der Waals surface area contributed by atoms with Crippen LogP contribution in [0.2, 0.25) is 0 Å². The van der Waals surface area contributed by atoms with E-state index in [4.69, 9.17) is 4.74 Å². The molecule has 0 unspecified atom stereocenters. The van der Waals surface area contributed by atoms with E-state index in [0.29, 0.717) is 72.9 Å². The SMILES string of the molecule is C=C(C)[C@@H]1CC[C@]2(NCCN3CCS(=O)(=O)CC3)CC[C@]3(C)[C@H](CC[C@@H]4[C@@]5(C)CC=C(C6=CC[C@](COc7ccncn7)(C(=O)O)CC6)C(C)(C)[C@@H]5CC[C@]43C)[C@@H]12. The zero-order valence-electron chi connectivity index (χ0n) is 35.7. The Hall–Kier alpha value is -2.56. The van der Waals surface area contributed by atoms with Gasteiger partial charge in [-0.3, -0.25) is 4.79 Å². The molecule has 4 saturated carbocycles. The van der Waals surface area contributed by atoms with Crippen molar-refractivity contribution in [1.29, 1.82) is 0 Å². The molecule has 7 aliphatic rings. The maximum absolute atomic E-state index is 12.7. The molecule has 0 spiro atoms. The van der Waals surface area contributed by atoms with Gasteiger partial charge in [0.05, 0.1) is 11.5 Å². The van der Waals surface area contributed by atoms with E-state index in [0.717, 1.165) is 25.9 Å².